The first-order valence-corrected chi connectivity index (χ1v) is 6.89. The normalized spacial score (nSPS) is 21.5. The van der Waals surface area contributed by atoms with Crippen molar-refractivity contribution in [3.63, 3.8) is 0 Å². The van der Waals surface area contributed by atoms with Crippen LogP contribution in [-0.2, 0) is 6.54 Å². The molecule has 0 radical (unpaired) electrons. The van der Waals surface area contributed by atoms with Crippen LogP contribution in [0.3, 0.4) is 0 Å². The third-order valence-electron chi connectivity index (χ3n) is 3.67. The summed E-state index contributed by atoms with van der Waals surface area (Å²) < 4.78 is 13.9. The summed E-state index contributed by atoms with van der Waals surface area (Å²) in [5.41, 5.74) is 7.00. The van der Waals surface area contributed by atoms with E-state index in [9.17, 15) is 4.39 Å². The van der Waals surface area contributed by atoms with E-state index in [0.717, 1.165) is 25.2 Å². The molecule has 0 aliphatic carbocycles. The molecule has 1 aromatic rings. The number of likely N-dealkylation sites (N-methyl/N-ethyl adjacent to an activating group) is 1. The largest absolute Gasteiger partial charge is 0.389 e. The molecule has 2 rings (SSSR count). The van der Waals surface area contributed by atoms with Gasteiger partial charge in [0.05, 0.1) is 0 Å². The summed E-state index contributed by atoms with van der Waals surface area (Å²) >= 11 is 4.94. The van der Waals surface area contributed by atoms with Crippen molar-refractivity contribution < 1.29 is 4.39 Å². The van der Waals surface area contributed by atoms with E-state index < -0.39 is 0 Å². The fourth-order valence-corrected chi connectivity index (χ4v) is 2.61. The summed E-state index contributed by atoms with van der Waals surface area (Å²) in [5, 5.41) is 0. The van der Waals surface area contributed by atoms with Crippen molar-refractivity contribution in [2.75, 3.05) is 26.7 Å². The van der Waals surface area contributed by atoms with Gasteiger partial charge in [-0.1, -0.05) is 12.2 Å². The summed E-state index contributed by atoms with van der Waals surface area (Å²) in [5.74, 6) is -0.189. The van der Waals surface area contributed by atoms with Crippen molar-refractivity contribution in [1.29, 1.82) is 0 Å². The van der Waals surface area contributed by atoms with E-state index in [1.165, 1.54) is 6.07 Å². The average molecular weight is 281 g/mol. The molecule has 104 valence electrons. The summed E-state index contributed by atoms with van der Waals surface area (Å²) in [6, 6.07) is 5.27. The Labute approximate surface area is 119 Å². The average Bonchev–Trinajstić information content (AvgIpc) is 2.34. The van der Waals surface area contributed by atoms with Gasteiger partial charge in [0.25, 0.3) is 0 Å². The Morgan fingerprint density at radius 3 is 2.84 bits per heavy atom. The molecule has 1 heterocycles. The van der Waals surface area contributed by atoms with Gasteiger partial charge in [0, 0.05) is 43.3 Å². The van der Waals surface area contributed by atoms with E-state index in [1.54, 1.807) is 12.1 Å². The minimum absolute atomic E-state index is 0.189. The van der Waals surface area contributed by atoms with Gasteiger partial charge in [0.15, 0.2) is 0 Å². The van der Waals surface area contributed by atoms with Crippen LogP contribution in [0.2, 0.25) is 0 Å². The van der Waals surface area contributed by atoms with Gasteiger partial charge in [-0.3, -0.25) is 4.90 Å². The van der Waals surface area contributed by atoms with Gasteiger partial charge in [0.1, 0.15) is 10.8 Å². The first-order valence-electron chi connectivity index (χ1n) is 6.48. The minimum atomic E-state index is -0.189. The molecule has 1 aliphatic heterocycles. The second-order valence-electron chi connectivity index (χ2n) is 5.25. The second kappa shape index (κ2) is 5.94. The Hall–Kier alpha value is -1.04. The molecule has 0 bridgehead atoms. The highest BCUT2D eigenvalue weighted by molar-refractivity contribution is 7.80. The van der Waals surface area contributed by atoms with E-state index in [4.69, 9.17) is 18.0 Å². The van der Waals surface area contributed by atoms with Crippen LogP contribution in [0, 0.1) is 5.82 Å². The zero-order chi connectivity index (χ0) is 14.0. The van der Waals surface area contributed by atoms with Crippen LogP contribution in [0.5, 0.6) is 0 Å². The lowest BCUT2D eigenvalue weighted by Gasteiger charge is -2.38. The SMILES string of the molecule is CC1CN(C)CCN1Cc1cc(C(N)=S)ccc1F. The number of halogens is 1. The van der Waals surface area contributed by atoms with Crippen molar-refractivity contribution in [3.8, 4) is 0 Å². The topological polar surface area (TPSA) is 32.5 Å². The molecular formula is C14H20FN3S. The van der Waals surface area contributed by atoms with Crippen molar-refractivity contribution in [1.82, 2.24) is 9.80 Å². The predicted octanol–water partition coefficient (Wildman–Crippen LogP) is 1.60. The monoisotopic (exact) mass is 281 g/mol. The molecule has 0 aromatic heterocycles. The number of hydrogen-bond donors (Lipinski definition) is 1. The van der Waals surface area contributed by atoms with Crippen LogP contribution in [0.1, 0.15) is 18.1 Å². The molecule has 0 saturated carbocycles. The summed E-state index contributed by atoms with van der Waals surface area (Å²) in [7, 11) is 2.11. The number of nitrogens with zero attached hydrogens (tertiary/aromatic N) is 2. The van der Waals surface area contributed by atoms with Crippen LogP contribution in [-0.4, -0.2) is 47.5 Å². The van der Waals surface area contributed by atoms with Gasteiger partial charge in [-0.25, -0.2) is 4.39 Å². The Kier molecular flexibility index (Phi) is 4.50. The summed E-state index contributed by atoms with van der Waals surface area (Å²) in [6.45, 7) is 5.76. The fourth-order valence-electron chi connectivity index (χ4n) is 2.48. The van der Waals surface area contributed by atoms with Gasteiger partial charge < -0.3 is 10.6 Å². The van der Waals surface area contributed by atoms with Crippen molar-refractivity contribution in [2.45, 2.75) is 19.5 Å². The highest BCUT2D eigenvalue weighted by Crippen LogP contribution is 2.17. The molecule has 19 heavy (non-hydrogen) atoms. The zero-order valence-corrected chi connectivity index (χ0v) is 12.2. The number of benzene rings is 1. The lowest BCUT2D eigenvalue weighted by molar-refractivity contribution is 0.0928. The smallest absolute Gasteiger partial charge is 0.127 e. The lowest BCUT2D eigenvalue weighted by atomic mass is 10.1. The van der Waals surface area contributed by atoms with Crippen LogP contribution in [0.15, 0.2) is 18.2 Å². The van der Waals surface area contributed by atoms with Crippen LogP contribution < -0.4 is 5.73 Å². The molecule has 1 aromatic carbocycles. The molecule has 1 atom stereocenters. The van der Waals surface area contributed by atoms with Crippen LogP contribution in [0.4, 0.5) is 4.39 Å². The lowest BCUT2D eigenvalue weighted by Crippen LogP contribution is -2.49. The summed E-state index contributed by atoms with van der Waals surface area (Å²) in [4.78, 5) is 4.90. The quantitative estimate of drug-likeness (QED) is 0.853. The van der Waals surface area contributed by atoms with Gasteiger partial charge in [-0.15, -0.1) is 0 Å². The summed E-state index contributed by atoms with van der Waals surface area (Å²) in [6.07, 6.45) is 0. The molecule has 1 saturated heterocycles. The van der Waals surface area contributed by atoms with E-state index in [2.05, 4.69) is 23.8 Å². The van der Waals surface area contributed by atoms with E-state index in [-0.39, 0.29) is 5.82 Å². The first kappa shape index (κ1) is 14.4. The Morgan fingerprint density at radius 1 is 1.47 bits per heavy atom. The molecule has 3 nitrogen and oxygen atoms in total. The fraction of sp³-hybridized carbons (Fsp3) is 0.500. The Morgan fingerprint density at radius 2 is 2.21 bits per heavy atom. The number of hydrogen-bond acceptors (Lipinski definition) is 3. The maximum atomic E-state index is 13.9. The van der Waals surface area contributed by atoms with E-state index in [1.807, 2.05) is 0 Å². The number of thiocarbonyl (C=S) groups is 1. The molecule has 5 heteroatoms. The molecule has 1 aliphatic rings. The number of piperazine rings is 1. The zero-order valence-electron chi connectivity index (χ0n) is 11.4. The predicted molar refractivity (Wildman–Crippen MR) is 79.7 cm³/mol. The third-order valence-corrected chi connectivity index (χ3v) is 3.91. The molecule has 2 N–H and O–H groups in total. The van der Waals surface area contributed by atoms with Crippen LogP contribution >= 0.6 is 12.2 Å². The molecule has 1 fully saturated rings. The van der Waals surface area contributed by atoms with E-state index in [0.29, 0.717) is 23.1 Å². The van der Waals surface area contributed by atoms with Gasteiger partial charge in [-0.2, -0.15) is 0 Å². The number of rotatable bonds is 3. The Bertz CT molecular complexity index is 478. The van der Waals surface area contributed by atoms with Gasteiger partial charge in [-0.05, 0) is 32.2 Å². The highest BCUT2D eigenvalue weighted by Gasteiger charge is 2.22. The second-order valence-corrected chi connectivity index (χ2v) is 5.69. The van der Waals surface area contributed by atoms with Gasteiger partial charge in [0.2, 0.25) is 0 Å². The van der Waals surface area contributed by atoms with Crippen molar-refractivity contribution >= 4 is 17.2 Å². The van der Waals surface area contributed by atoms with Gasteiger partial charge >= 0.3 is 0 Å². The van der Waals surface area contributed by atoms with E-state index >= 15 is 0 Å². The molecule has 0 spiro atoms. The Balaban J connectivity index is 2.14. The van der Waals surface area contributed by atoms with Crippen LogP contribution in [0.25, 0.3) is 0 Å². The van der Waals surface area contributed by atoms with Crippen molar-refractivity contribution in [2.24, 2.45) is 5.73 Å². The van der Waals surface area contributed by atoms with Crippen molar-refractivity contribution in [3.05, 3.63) is 35.1 Å². The molecule has 1 unspecified atom stereocenters. The molecule has 0 amide bonds. The maximum absolute atomic E-state index is 13.9. The number of nitrogens with two attached hydrogens (primary N) is 1. The maximum Gasteiger partial charge on any atom is 0.127 e. The minimum Gasteiger partial charge on any atom is -0.389 e. The highest BCUT2D eigenvalue weighted by atomic mass is 32.1. The standard InChI is InChI=1S/C14H20FN3S/c1-10-8-17(2)5-6-18(10)9-12-7-11(14(16)19)3-4-13(12)15/h3-4,7,10H,5-6,8-9H2,1-2H3,(H2,16,19). The first-order chi connectivity index (χ1) is 8.97. The molecular weight excluding hydrogens is 261 g/mol. The third kappa shape index (κ3) is 3.49.